The summed E-state index contributed by atoms with van der Waals surface area (Å²) >= 11 is 0. The van der Waals surface area contributed by atoms with E-state index in [0.717, 1.165) is 5.66 Å². The van der Waals surface area contributed by atoms with Crippen LogP contribution in [-0.4, -0.2) is 11.8 Å². The highest BCUT2D eigenvalue weighted by atomic mass is 31.1. The SMILES string of the molecule is C1=C(C2CCCP2)Cc2ccccc21. The second-order valence-corrected chi connectivity index (χ2v) is 5.85. The van der Waals surface area contributed by atoms with Gasteiger partial charge < -0.3 is 0 Å². The molecule has 0 nitrogen and oxygen atoms in total. The molecule has 0 bridgehead atoms. The number of benzene rings is 1. The molecule has 14 heavy (non-hydrogen) atoms. The van der Waals surface area contributed by atoms with Gasteiger partial charge in [-0.05, 0) is 42.2 Å². The molecular formula is C13H15P. The van der Waals surface area contributed by atoms with Gasteiger partial charge in [-0.25, -0.2) is 0 Å². The van der Waals surface area contributed by atoms with Crippen LogP contribution < -0.4 is 0 Å². The molecule has 0 amide bonds. The molecule has 0 radical (unpaired) electrons. The van der Waals surface area contributed by atoms with E-state index >= 15 is 0 Å². The molecule has 0 aromatic heterocycles. The van der Waals surface area contributed by atoms with Gasteiger partial charge in [-0.2, -0.15) is 0 Å². The van der Waals surface area contributed by atoms with E-state index in [2.05, 4.69) is 30.3 Å². The fraction of sp³-hybridized carbons (Fsp3) is 0.385. The zero-order valence-corrected chi connectivity index (χ0v) is 9.29. The minimum Gasteiger partial charge on any atom is -0.115 e. The topological polar surface area (TPSA) is 0 Å². The van der Waals surface area contributed by atoms with Crippen LogP contribution in [0.1, 0.15) is 24.0 Å². The van der Waals surface area contributed by atoms with Crippen molar-refractivity contribution >= 4 is 14.7 Å². The Bertz CT molecular complexity index is 373. The van der Waals surface area contributed by atoms with E-state index < -0.39 is 0 Å². The number of allylic oxidation sites excluding steroid dienone is 1. The Balaban J connectivity index is 1.87. The van der Waals surface area contributed by atoms with E-state index in [1.807, 2.05) is 0 Å². The summed E-state index contributed by atoms with van der Waals surface area (Å²) in [6, 6.07) is 8.83. The van der Waals surface area contributed by atoms with Crippen molar-refractivity contribution in [3.8, 4) is 0 Å². The van der Waals surface area contributed by atoms with Crippen molar-refractivity contribution < 1.29 is 0 Å². The lowest BCUT2D eigenvalue weighted by Gasteiger charge is -2.09. The van der Waals surface area contributed by atoms with E-state index in [0.29, 0.717) is 0 Å². The number of rotatable bonds is 1. The summed E-state index contributed by atoms with van der Waals surface area (Å²) in [5, 5.41) is 0. The maximum absolute atomic E-state index is 2.44. The molecule has 0 N–H and O–H groups in total. The van der Waals surface area contributed by atoms with Crippen molar-refractivity contribution in [1.82, 2.24) is 0 Å². The Labute approximate surface area is 87.2 Å². The highest BCUT2D eigenvalue weighted by Gasteiger charge is 2.22. The molecule has 2 atom stereocenters. The standard InChI is InChI=1S/C13H15P/c1-2-5-11-9-12(8-10(11)4-1)13-6-3-7-14-13/h1-2,4-5,8,13-14H,3,6-7,9H2. The Kier molecular flexibility index (Phi) is 2.18. The normalized spacial score (nSPS) is 26.6. The zero-order chi connectivity index (χ0) is 9.38. The van der Waals surface area contributed by atoms with Crippen LogP contribution in [0.2, 0.25) is 0 Å². The van der Waals surface area contributed by atoms with Crippen molar-refractivity contribution in [2.24, 2.45) is 0 Å². The van der Waals surface area contributed by atoms with Crippen LogP contribution in [0.3, 0.4) is 0 Å². The van der Waals surface area contributed by atoms with Gasteiger partial charge in [0.2, 0.25) is 0 Å². The Morgan fingerprint density at radius 1 is 1.21 bits per heavy atom. The monoisotopic (exact) mass is 202 g/mol. The van der Waals surface area contributed by atoms with Crippen LogP contribution in [0.5, 0.6) is 0 Å². The summed E-state index contributed by atoms with van der Waals surface area (Å²) in [4.78, 5) is 0. The quantitative estimate of drug-likeness (QED) is 0.612. The highest BCUT2D eigenvalue weighted by Crippen LogP contribution is 2.41. The summed E-state index contributed by atoms with van der Waals surface area (Å²) < 4.78 is 0. The first kappa shape index (κ1) is 8.68. The first-order valence-electron chi connectivity index (χ1n) is 5.45. The van der Waals surface area contributed by atoms with Gasteiger partial charge >= 0.3 is 0 Å². The second kappa shape index (κ2) is 3.51. The van der Waals surface area contributed by atoms with Crippen molar-refractivity contribution in [3.05, 3.63) is 41.0 Å². The van der Waals surface area contributed by atoms with Gasteiger partial charge in [0.05, 0.1) is 0 Å². The third-order valence-electron chi connectivity index (χ3n) is 3.30. The molecule has 1 aromatic rings. The van der Waals surface area contributed by atoms with Gasteiger partial charge in [0.25, 0.3) is 0 Å². The van der Waals surface area contributed by atoms with Crippen molar-refractivity contribution in [1.29, 1.82) is 0 Å². The maximum atomic E-state index is 2.44. The molecule has 1 aromatic carbocycles. The lowest BCUT2D eigenvalue weighted by molar-refractivity contribution is 0.841. The Hall–Kier alpha value is -0.610. The first-order valence-corrected chi connectivity index (χ1v) is 6.74. The molecule has 2 unspecified atom stereocenters. The van der Waals surface area contributed by atoms with Crippen molar-refractivity contribution in [2.45, 2.75) is 24.9 Å². The van der Waals surface area contributed by atoms with Gasteiger partial charge in [-0.1, -0.05) is 35.9 Å². The lowest BCUT2D eigenvalue weighted by atomic mass is 10.1. The fourth-order valence-corrected chi connectivity index (χ4v) is 4.14. The summed E-state index contributed by atoms with van der Waals surface area (Å²) in [5.74, 6) is 0. The summed E-state index contributed by atoms with van der Waals surface area (Å²) in [7, 11) is 1.19. The number of hydrogen-bond donors (Lipinski definition) is 0. The van der Waals surface area contributed by atoms with Crippen molar-refractivity contribution in [3.63, 3.8) is 0 Å². The predicted molar refractivity (Wildman–Crippen MR) is 64.3 cm³/mol. The number of hydrogen-bond acceptors (Lipinski definition) is 0. The zero-order valence-electron chi connectivity index (χ0n) is 8.29. The van der Waals surface area contributed by atoms with E-state index in [9.17, 15) is 0 Å². The molecular weight excluding hydrogens is 187 g/mol. The smallest absolute Gasteiger partial charge is 0.00202 e. The van der Waals surface area contributed by atoms with Gasteiger partial charge in [-0.3, -0.25) is 0 Å². The third-order valence-corrected chi connectivity index (χ3v) is 5.09. The fourth-order valence-electron chi connectivity index (χ4n) is 2.53. The molecule has 1 fully saturated rings. The first-order chi connectivity index (χ1) is 6.93. The van der Waals surface area contributed by atoms with E-state index in [4.69, 9.17) is 0 Å². The molecule has 0 spiro atoms. The van der Waals surface area contributed by atoms with Gasteiger partial charge in [0.15, 0.2) is 0 Å². The average molecular weight is 202 g/mol. The summed E-state index contributed by atoms with van der Waals surface area (Å²) in [5.41, 5.74) is 5.66. The number of fused-ring (bicyclic) bond motifs is 1. The van der Waals surface area contributed by atoms with Crippen LogP contribution in [0.4, 0.5) is 0 Å². The molecule has 1 aliphatic carbocycles. The largest absolute Gasteiger partial charge is 0.115 e. The molecule has 1 saturated heterocycles. The third kappa shape index (κ3) is 1.42. The van der Waals surface area contributed by atoms with Gasteiger partial charge in [0.1, 0.15) is 0 Å². The van der Waals surface area contributed by atoms with Crippen molar-refractivity contribution in [2.75, 3.05) is 6.16 Å². The Morgan fingerprint density at radius 3 is 2.93 bits per heavy atom. The molecule has 0 saturated carbocycles. The van der Waals surface area contributed by atoms with E-state index in [1.165, 1.54) is 39.6 Å². The summed E-state index contributed by atoms with van der Waals surface area (Å²) in [6.07, 6.45) is 8.04. The molecule has 1 aliphatic heterocycles. The Morgan fingerprint density at radius 2 is 2.14 bits per heavy atom. The van der Waals surface area contributed by atoms with Crippen LogP contribution in [-0.2, 0) is 6.42 Å². The lowest BCUT2D eigenvalue weighted by Crippen LogP contribution is -1.99. The van der Waals surface area contributed by atoms with Gasteiger partial charge in [-0.15, -0.1) is 8.58 Å². The van der Waals surface area contributed by atoms with Crippen LogP contribution >= 0.6 is 8.58 Å². The second-order valence-electron chi connectivity index (χ2n) is 4.24. The molecule has 1 heteroatoms. The molecule has 3 rings (SSSR count). The minimum absolute atomic E-state index is 0.933. The minimum atomic E-state index is 0.933. The van der Waals surface area contributed by atoms with Crippen LogP contribution in [0.15, 0.2) is 29.8 Å². The van der Waals surface area contributed by atoms with E-state index in [1.54, 1.807) is 11.1 Å². The van der Waals surface area contributed by atoms with Crippen LogP contribution in [0, 0.1) is 0 Å². The highest BCUT2D eigenvalue weighted by molar-refractivity contribution is 7.39. The summed E-state index contributed by atoms with van der Waals surface area (Å²) in [6.45, 7) is 0. The van der Waals surface area contributed by atoms with Crippen LogP contribution in [0.25, 0.3) is 6.08 Å². The molecule has 72 valence electrons. The molecule has 1 heterocycles. The predicted octanol–water partition coefficient (Wildman–Crippen LogP) is 3.47. The van der Waals surface area contributed by atoms with Gasteiger partial charge in [0, 0.05) is 0 Å². The molecule has 2 aliphatic rings. The van der Waals surface area contributed by atoms with E-state index in [-0.39, 0.29) is 0 Å². The maximum Gasteiger partial charge on any atom is -0.00202 e. The average Bonchev–Trinajstić information content (AvgIpc) is 2.86.